The van der Waals surface area contributed by atoms with Crippen molar-refractivity contribution in [2.24, 2.45) is 0 Å². The molecule has 0 saturated carbocycles. The zero-order chi connectivity index (χ0) is 10.6. The molecule has 0 amide bonds. The van der Waals surface area contributed by atoms with Crippen LogP contribution in [0.1, 0.15) is 71.1 Å². The van der Waals surface area contributed by atoms with Crippen molar-refractivity contribution in [3.63, 3.8) is 0 Å². The molecule has 0 aliphatic carbocycles. The summed E-state index contributed by atoms with van der Waals surface area (Å²) in [5.74, 6) is -0.909. The average Bonchev–Trinajstić information content (AvgIpc) is 2.15. The molecule has 0 aromatic heterocycles. The van der Waals surface area contributed by atoms with Gasteiger partial charge in [-0.15, -0.1) is 0 Å². The van der Waals surface area contributed by atoms with Gasteiger partial charge in [-0.05, 0) is 12.8 Å². The zero-order valence-electron chi connectivity index (χ0n) is 10.9. The van der Waals surface area contributed by atoms with Gasteiger partial charge in [-0.25, -0.2) is 0 Å². The summed E-state index contributed by atoms with van der Waals surface area (Å²) in [4.78, 5) is 10.1. The van der Waals surface area contributed by atoms with E-state index >= 15 is 0 Å². The summed E-state index contributed by atoms with van der Waals surface area (Å²) in [6.07, 6.45) is 11.2. The molecule has 0 aliphatic rings. The van der Waals surface area contributed by atoms with Crippen LogP contribution in [-0.4, -0.2) is 34.3 Å². The van der Waals surface area contributed by atoms with E-state index in [1.54, 1.807) is 0 Å². The summed E-state index contributed by atoms with van der Waals surface area (Å²) >= 11 is 0. The summed E-state index contributed by atoms with van der Waals surface area (Å²) in [6.45, 7) is 2.22. The molecule has 0 spiro atoms. The van der Waals surface area contributed by atoms with Crippen LogP contribution in [0.2, 0.25) is 0 Å². The Morgan fingerprint density at radius 1 is 0.824 bits per heavy atom. The molecule has 0 heterocycles. The maximum atomic E-state index is 10.1. The van der Waals surface area contributed by atoms with Gasteiger partial charge >= 0.3 is 17.4 Å². The first-order valence-corrected chi connectivity index (χ1v) is 5.97. The van der Waals surface area contributed by atoms with Crippen molar-refractivity contribution < 1.29 is 20.9 Å². The van der Waals surface area contributed by atoms with E-state index in [0.717, 1.165) is 12.8 Å². The first kappa shape index (κ1) is 25.7. The monoisotopic (exact) mass is 260 g/mol. The van der Waals surface area contributed by atoms with Gasteiger partial charge in [-0.2, -0.15) is 0 Å². The predicted molar refractivity (Wildman–Crippen MR) is 66.5 cm³/mol. The van der Waals surface area contributed by atoms with E-state index in [1.807, 2.05) is 0 Å². The number of carbonyl (C=O) groups excluding carboxylic acids is 1. The molecule has 0 radical (unpaired) electrons. The van der Waals surface area contributed by atoms with Crippen LogP contribution in [0.15, 0.2) is 0 Å². The van der Waals surface area contributed by atoms with Crippen molar-refractivity contribution in [3.05, 3.63) is 0 Å². The summed E-state index contributed by atoms with van der Waals surface area (Å²) in [5.41, 5.74) is 0. The second-order valence-corrected chi connectivity index (χ2v) is 3.95. The first-order chi connectivity index (χ1) is 6.77. The Morgan fingerprint density at radius 2 is 1.18 bits per heavy atom. The molecule has 4 nitrogen and oxygen atoms in total. The summed E-state index contributed by atoms with van der Waals surface area (Å²) in [5, 5.41) is 10.1. The molecule has 0 aromatic carbocycles. The van der Waals surface area contributed by atoms with Gasteiger partial charge < -0.3 is 20.9 Å². The third-order valence-electron chi connectivity index (χ3n) is 2.48. The quantitative estimate of drug-likeness (QED) is 0.442. The minimum Gasteiger partial charge on any atom is -0.870 e. The van der Waals surface area contributed by atoms with E-state index in [4.69, 9.17) is 0 Å². The molecular weight excluding hydrogens is 235 g/mol. The van der Waals surface area contributed by atoms with Crippen LogP contribution in [0.5, 0.6) is 0 Å². The van der Waals surface area contributed by atoms with E-state index in [-0.39, 0.29) is 34.7 Å². The SMILES string of the molecule is CCCCCCCCCCCC(=O)[O-].[Al+3].[OH-].[OH-]. The van der Waals surface area contributed by atoms with Crippen LogP contribution in [0, 0.1) is 0 Å². The zero-order valence-corrected chi connectivity index (χ0v) is 12.0. The number of rotatable bonds is 10. The Morgan fingerprint density at radius 3 is 1.53 bits per heavy atom. The molecule has 100 valence electrons. The van der Waals surface area contributed by atoms with Gasteiger partial charge in [0.15, 0.2) is 0 Å². The third-order valence-corrected chi connectivity index (χ3v) is 2.48. The Kier molecular flexibility index (Phi) is 32.1. The second-order valence-electron chi connectivity index (χ2n) is 3.95. The van der Waals surface area contributed by atoms with Gasteiger partial charge in [0.2, 0.25) is 0 Å². The molecular formula is C12H25AlO4. The van der Waals surface area contributed by atoms with Crippen molar-refractivity contribution in [2.45, 2.75) is 71.1 Å². The van der Waals surface area contributed by atoms with Gasteiger partial charge in [-0.1, -0.05) is 58.3 Å². The predicted octanol–water partition coefficient (Wildman–Crippen LogP) is 1.92. The molecule has 0 aromatic rings. The van der Waals surface area contributed by atoms with E-state index in [2.05, 4.69) is 6.92 Å². The van der Waals surface area contributed by atoms with Crippen LogP contribution < -0.4 is 5.11 Å². The van der Waals surface area contributed by atoms with Gasteiger partial charge in [0.1, 0.15) is 0 Å². The van der Waals surface area contributed by atoms with Crippen molar-refractivity contribution in [2.75, 3.05) is 0 Å². The number of carboxylic acid groups (broad SMARTS) is 1. The maximum absolute atomic E-state index is 10.1. The summed E-state index contributed by atoms with van der Waals surface area (Å²) in [7, 11) is 0. The smallest absolute Gasteiger partial charge is 0.870 e. The van der Waals surface area contributed by atoms with E-state index < -0.39 is 5.97 Å². The normalized spacial score (nSPS) is 8.53. The molecule has 0 saturated heterocycles. The minimum atomic E-state index is -0.909. The number of hydrogen-bond donors (Lipinski definition) is 0. The molecule has 2 N–H and O–H groups in total. The third kappa shape index (κ3) is 25.9. The van der Waals surface area contributed by atoms with Gasteiger partial charge in [0.05, 0.1) is 0 Å². The van der Waals surface area contributed by atoms with Crippen molar-refractivity contribution in [3.8, 4) is 0 Å². The molecule has 0 fully saturated rings. The van der Waals surface area contributed by atoms with Crippen LogP contribution in [0.25, 0.3) is 0 Å². The molecule has 5 heteroatoms. The van der Waals surface area contributed by atoms with E-state index in [1.165, 1.54) is 44.9 Å². The minimum absolute atomic E-state index is 0. The van der Waals surface area contributed by atoms with Crippen molar-refractivity contribution in [1.29, 1.82) is 0 Å². The molecule has 0 unspecified atom stereocenters. The Hall–Kier alpha value is -0.0775. The molecule has 0 atom stereocenters. The number of aliphatic carboxylic acids is 1. The van der Waals surface area contributed by atoms with Crippen LogP contribution in [0.4, 0.5) is 0 Å². The second kappa shape index (κ2) is 21.2. The topological polar surface area (TPSA) is 100 Å². The van der Waals surface area contributed by atoms with Gasteiger partial charge in [0, 0.05) is 5.97 Å². The van der Waals surface area contributed by atoms with E-state index in [9.17, 15) is 9.90 Å². The Labute approximate surface area is 116 Å². The fraction of sp³-hybridized carbons (Fsp3) is 0.917. The fourth-order valence-electron chi connectivity index (χ4n) is 1.58. The molecule has 0 bridgehead atoms. The molecule has 17 heavy (non-hydrogen) atoms. The Balaban J connectivity index is -0.000000282. The van der Waals surface area contributed by atoms with Gasteiger partial charge in [0.25, 0.3) is 0 Å². The van der Waals surface area contributed by atoms with Crippen LogP contribution in [-0.2, 0) is 4.79 Å². The fourth-order valence-corrected chi connectivity index (χ4v) is 1.58. The van der Waals surface area contributed by atoms with Crippen molar-refractivity contribution >= 4 is 23.3 Å². The van der Waals surface area contributed by atoms with E-state index in [0.29, 0.717) is 0 Å². The summed E-state index contributed by atoms with van der Waals surface area (Å²) in [6, 6.07) is 0. The standard InChI is InChI=1S/C12H24O2.Al.2H2O/c1-2-3-4-5-6-7-8-9-10-11-12(13)14;;;/h2-11H2,1H3,(H,13,14);;2*1H2/q;+3;;/p-3. The summed E-state index contributed by atoms with van der Waals surface area (Å²) < 4.78 is 0. The number of carbonyl (C=O) groups is 1. The average molecular weight is 260 g/mol. The number of hydrogen-bond acceptors (Lipinski definition) is 4. The number of unbranched alkanes of at least 4 members (excludes halogenated alkanes) is 8. The maximum Gasteiger partial charge on any atom is 3.00 e. The first-order valence-electron chi connectivity index (χ1n) is 5.97. The van der Waals surface area contributed by atoms with Crippen molar-refractivity contribution in [1.82, 2.24) is 0 Å². The van der Waals surface area contributed by atoms with Crippen LogP contribution in [0.3, 0.4) is 0 Å². The van der Waals surface area contributed by atoms with Crippen LogP contribution >= 0.6 is 0 Å². The number of carboxylic acids is 1. The molecule has 0 rings (SSSR count). The molecule has 0 aliphatic heterocycles. The Bertz CT molecular complexity index is 142. The van der Waals surface area contributed by atoms with Gasteiger partial charge in [-0.3, -0.25) is 0 Å². The largest absolute Gasteiger partial charge is 3.00 e.